The zero-order valence-electron chi connectivity index (χ0n) is 11.0. The number of thiophene rings is 1. The third-order valence-electron chi connectivity index (χ3n) is 3.07. The summed E-state index contributed by atoms with van der Waals surface area (Å²) in [6, 6.07) is 8.63. The van der Waals surface area contributed by atoms with Crippen molar-refractivity contribution in [3.63, 3.8) is 0 Å². The molecule has 2 nitrogen and oxygen atoms in total. The molecule has 0 amide bonds. The van der Waals surface area contributed by atoms with E-state index in [1.807, 2.05) is 0 Å². The molecule has 0 aliphatic rings. The molecule has 0 bridgehead atoms. The molecule has 1 unspecified atom stereocenters. The first kappa shape index (κ1) is 14.9. The highest BCUT2D eigenvalue weighted by atomic mass is 32.1. The molecule has 6 heteroatoms. The van der Waals surface area contributed by atoms with Gasteiger partial charge in [0.2, 0.25) is 5.60 Å². The fourth-order valence-electron chi connectivity index (χ4n) is 1.94. The van der Waals surface area contributed by atoms with Crippen LogP contribution in [0, 0.1) is 0 Å². The molecule has 2 aromatic rings. The summed E-state index contributed by atoms with van der Waals surface area (Å²) in [5, 5.41) is 11.9. The lowest BCUT2D eigenvalue weighted by Gasteiger charge is -2.30. The molecule has 0 fully saturated rings. The molecule has 108 valence electrons. The van der Waals surface area contributed by atoms with Gasteiger partial charge in [0.1, 0.15) is 0 Å². The van der Waals surface area contributed by atoms with Crippen molar-refractivity contribution >= 4 is 17.0 Å². The first-order valence-corrected chi connectivity index (χ1v) is 6.75. The molecule has 20 heavy (non-hydrogen) atoms. The van der Waals surface area contributed by atoms with Crippen molar-refractivity contribution in [2.24, 2.45) is 0 Å². The van der Waals surface area contributed by atoms with Gasteiger partial charge in [-0.15, -0.1) is 11.3 Å². The quantitative estimate of drug-likeness (QED) is 0.936. The highest BCUT2D eigenvalue weighted by Gasteiger charge is 2.57. The maximum absolute atomic E-state index is 13.4. The van der Waals surface area contributed by atoms with Gasteiger partial charge in [0.05, 0.1) is 0 Å². The second-order valence-electron chi connectivity index (χ2n) is 4.63. The number of alkyl halides is 3. The first-order valence-electron chi connectivity index (χ1n) is 5.88. The zero-order valence-corrected chi connectivity index (χ0v) is 11.8. The molecule has 0 aliphatic carbocycles. The molecule has 1 heterocycles. The lowest BCUT2D eigenvalue weighted by atomic mass is 9.91. The molecule has 0 saturated carbocycles. The minimum Gasteiger partial charge on any atom is -0.378 e. The van der Waals surface area contributed by atoms with E-state index in [1.54, 1.807) is 25.1 Å². The van der Waals surface area contributed by atoms with E-state index in [0.717, 1.165) is 11.3 Å². The molecule has 2 rings (SSSR count). The number of nitrogens with zero attached hydrogens (tertiary/aromatic N) is 1. The van der Waals surface area contributed by atoms with Crippen molar-refractivity contribution in [2.75, 3.05) is 19.0 Å². The minimum absolute atomic E-state index is 0.138. The Hall–Kier alpha value is -1.53. The van der Waals surface area contributed by atoms with E-state index >= 15 is 0 Å². The summed E-state index contributed by atoms with van der Waals surface area (Å²) in [4.78, 5) is 1.55. The first-order chi connectivity index (χ1) is 9.26. The van der Waals surface area contributed by atoms with E-state index < -0.39 is 11.8 Å². The van der Waals surface area contributed by atoms with E-state index in [-0.39, 0.29) is 10.4 Å². The van der Waals surface area contributed by atoms with Crippen LogP contribution >= 0.6 is 11.3 Å². The smallest absolute Gasteiger partial charge is 0.378 e. The standard InChI is InChI=1S/C14H14F3NOS/c1-18(2)11-6-3-5-10(9-11)13(19,14(15,16)17)12-7-4-8-20-12/h3-9,19H,1-2H3. The fraction of sp³-hybridized carbons (Fsp3) is 0.286. The average molecular weight is 301 g/mol. The van der Waals surface area contributed by atoms with Gasteiger partial charge in [-0.2, -0.15) is 13.2 Å². The summed E-state index contributed by atoms with van der Waals surface area (Å²) in [5.74, 6) is 0. The van der Waals surface area contributed by atoms with Crippen molar-refractivity contribution in [1.82, 2.24) is 0 Å². The van der Waals surface area contributed by atoms with Crippen LogP contribution in [0.5, 0.6) is 0 Å². The molecule has 1 atom stereocenters. The van der Waals surface area contributed by atoms with Gasteiger partial charge in [-0.3, -0.25) is 0 Å². The fourth-order valence-corrected chi connectivity index (χ4v) is 2.80. The topological polar surface area (TPSA) is 23.5 Å². The maximum Gasteiger partial charge on any atom is 0.426 e. The van der Waals surface area contributed by atoms with Gasteiger partial charge in [-0.05, 0) is 23.6 Å². The zero-order chi connectivity index (χ0) is 15.0. The van der Waals surface area contributed by atoms with Gasteiger partial charge < -0.3 is 10.0 Å². The van der Waals surface area contributed by atoms with Crippen molar-refractivity contribution in [2.45, 2.75) is 11.8 Å². The van der Waals surface area contributed by atoms with Crippen LogP contribution in [0.4, 0.5) is 18.9 Å². The SMILES string of the molecule is CN(C)c1cccc(C(O)(c2cccs2)C(F)(F)F)c1. The van der Waals surface area contributed by atoms with E-state index in [9.17, 15) is 18.3 Å². The van der Waals surface area contributed by atoms with Gasteiger partial charge in [0.25, 0.3) is 0 Å². The molecule has 1 N–H and O–H groups in total. The van der Waals surface area contributed by atoms with Crippen LogP contribution in [0.25, 0.3) is 0 Å². The molecule has 1 aromatic heterocycles. The summed E-state index contributed by atoms with van der Waals surface area (Å²) in [6.07, 6.45) is -4.79. The second-order valence-corrected chi connectivity index (χ2v) is 5.58. The molecular weight excluding hydrogens is 287 g/mol. The van der Waals surface area contributed by atoms with Gasteiger partial charge >= 0.3 is 6.18 Å². The third kappa shape index (κ3) is 2.41. The van der Waals surface area contributed by atoms with E-state index in [4.69, 9.17) is 0 Å². The highest BCUT2D eigenvalue weighted by Crippen LogP contribution is 2.46. The number of aliphatic hydroxyl groups is 1. The highest BCUT2D eigenvalue weighted by molar-refractivity contribution is 7.10. The van der Waals surface area contributed by atoms with Crippen LogP contribution in [0.1, 0.15) is 10.4 Å². The van der Waals surface area contributed by atoms with Gasteiger partial charge in [-0.25, -0.2) is 0 Å². The van der Waals surface area contributed by atoms with Crippen LogP contribution in [-0.2, 0) is 5.60 Å². The Kier molecular flexibility index (Phi) is 3.80. The Morgan fingerprint density at radius 1 is 1.10 bits per heavy atom. The van der Waals surface area contributed by atoms with Crippen LogP contribution < -0.4 is 4.90 Å². The number of hydrogen-bond donors (Lipinski definition) is 1. The molecule has 0 spiro atoms. The maximum atomic E-state index is 13.4. The summed E-state index contributed by atoms with van der Waals surface area (Å²) < 4.78 is 40.3. The number of halogens is 3. The molecule has 0 radical (unpaired) electrons. The predicted molar refractivity (Wildman–Crippen MR) is 74.1 cm³/mol. The van der Waals surface area contributed by atoms with Crippen molar-refractivity contribution in [3.05, 3.63) is 52.2 Å². The lowest BCUT2D eigenvalue weighted by Crippen LogP contribution is -2.42. The van der Waals surface area contributed by atoms with Crippen LogP contribution in [-0.4, -0.2) is 25.4 Å². The monoisotopic (exact) mass is 301 g/mol. The summed E-state index contributed by atoms with van der Waals surface area (Å²) in [5.41, 5.74) is -2.56. The molecule has 0 saturated heterocycles. The summed E-state index contributed by atoms with van der Waals surface area (Å²) in [7, 11) is 3.47. The van der Waals surface area contributed by atoms with Gasteiger partial charge in [0.15, 0.2) is 0 Å². The number of rotatable bonds is 3. The Morgan fingerprint density at radius 3 is 2.30 bits per heavy atom. The predicted octanol–water partition coefficient (Wildman–Crippen LogP) is 3.61. The lowest BCUT2D eigenvalue weighted by molar-refractivity contribution is -0.247. The third-order valence-corrected chi connectivity index (χ3v) is 4.05. The van der Waals surface area contributed by atoms with Crippen LogP contribution in [0.2, 0.25) is 0 Å². The number of hydrogen-bond acceptors (Lipinski definition) is 3. The molecular formula is C14H14F3NOS. The molecule has 1 aromatic carbocycles. The van der Waals surface area contributed by atoms with Crippen LogP contribution in [0.3, 0.4) is 0 Å². The van der Waals surface area contributed by atoms with E-state index in [2.05, 4.69) is 0 Å². The Bertz CT molecular complexity index is 580. The molecule has 0 aliphatic heterocycles. The number of benzene rings is 1. The number of anilines is 1. The average Bonchev–Trinajstić information content (AvgIpc) is 2.90. The Balaban J connectivity index is 2.62. The summed E-state index contributed by atoms with van der Waals surface area (Å²) in [6.45, 7) is 0. The van der Waals surface area contributed by atoms with Crippen molar-refractivity contribution in [3.8, 4) is 0 Å². The van der Waals surface area contributed by atoms with Crippen LogP contribution in [0.15, 0.2) is 41.8 Å². The van der Waals surface area contributed by atoms with E-state index in [1.165, 1.54) is 35.7 Å². The van der Waals surface area contributed by atoms with Gasteiger partial charge in [0, 0.05) is 30.2 Å². The normalized spacial score (nSPS) is 14.9. The Morgan fingerprint density at radius 2 is 1.80 bits per heavy atom. The second kappa shape index (κ2) is 5.10. The van der Waals surface area contributed by atoms with Crippen molar-refractivity contribution in [1.29, 1.82) is 0 Å². The van der Waals surface area contributed by atoms with Gasteiger partial charge in [-0.1, -0.05) is 18.2 Å². The van der Waals surface area contributed by atoms with Crippen molar-refractivity contribution < 1.29 is 18.3 Å². The minimum atomic E-state index is -4.79. The summed E-state index contributed by atoms with van der Waals surface area (Å²) >= 11 is 0.882. The Labute approximate surface area is 119 Å². The largest absolute Gasteiger partial charge is 0.426 e. The van der Waals surface area contributed by atoms with E-state index in [0.29, 0.717) is 5.69 Å².